The smallest absolute Gasteiger partial charge is 0.457 e. The molecular formula is C51H99O9P. The van der Waals surface area contributed by atoms with Crippen molar-refractivity contribution in [1.82, 2.24) is 0 Å². The maximum atomic E-state index is 12.7. The lowest BCUT2D eigenvalue weighted by Crippen LogP contribution is -2.29. The third kappa shape index (κ3) is 48.2. The molecule has 0 aliphatic carbocycles. The Kier molecular flexibility index (Phi) is 47.6. The molecule has 3 unspecified atom stereocenters. The van der Waals surface area contributed by atoms with Crippen LogP contribution in [0.5, 0.6) is 0 Å². The molecule has 0 aromatic rings. The molecule has 0 aliphatic heterocycles. The summed E-state index contributed by atoms with van der Waals surface area (Å²) in [4.78, 5) is 22.7. The van der Waals surface area contributed by atoms with Crippen molar-refractivity contribution in [3.63, 3.8) is 0 Å². The van der Waals surface area contributed by atoms with Gasteiger partial charge in [-0.15, -0.1) is 0 Å². The summed E-state index contributed by atoms with van der Waals surface area (Å²) in [5.41, 5.74) is 0. The van der Waals surface area contributed by atoms with Gasteiger partial charge in [0.05, 0.1) is 26.4 Å². The molecule has 0 saturated heterocycles. The van der Waals surface area contributed by atoms with Crippen LogP contribution in [-0.2, 0) is 27.9 Å². The minimum atomic E-state index is -4.52. The summed E-state index contributed by atoms with van der Waals surface area (Å²) in [6.07, 6.45) is 52.9. The molecule has 362 valence electrons. The standard InChI is InChI=1S/C51H99O9P/c1-3-5-7-9-11-13-15-17-19-21-22-23-24-25-26-27-29-31-33-35-37-39-41-43-51(54)60-50(48-59-61(55,56)58-46-49(53)45-52)47-57-44-42-40-38-36-34-32-30-28-20-18-16-14-12-10-8-6-4-2/h14,16,20,28,49-50,52-53H,3-13,15,17-19,21-27,29-48H2,1-2H3,(H,55,56)/b16-14-,28-20-. The zero-order valence-electron chi connectivity index (χ0n) is 39.9. The van der Waals surface area contributed by atoms with Gasteiger partial charge in [0.25, 0.3) is 0 Å². The van der Waals surface area contributed by atoms with Gasteiger partial charge in [-0.2, -0.15) is 0 Å². The molecule has 0 spiro atoms. The first-order chi connectivity index (χ1) is 29.8. The lowest BCUT2D eigenvalue weighted by Gasteiger charge is -2.20. The lowest BCUT2D eigenvalue weighted by atomic mass is 10.0. The molecule has 0 bridgehead atoms. The second-order valence-corrected chi connectivity index (χ2v) is 19.0. The van der Waals surface area contributed by atoms with E-state index in [2.05, 4.69) is 38.2 Å². The van der Waals surface area contributed by atoms with E-state index >= 15 is 0 Å². The van der Waals surface area contributed by atoms with Gasteiger partial charge in [0, 0.05) is 13.0 Å². The Balaban J connectivity index is 4.03. The number of phosphoric acid groups is 1. The third-order valence-corrected chi connectivity index (χ3v) is 12.3. The van der Waals surface area contributed by atoms with Crippen LogP contribution in [-0.4, -0.2) is 66.3 Å². The quantitative estimate of drug-likeness (QED) is 0.0236. The maximum Gasteiger partial charge on any atom is 0.472 e. The highest BCUT2D eigenvalue weighted by Crippen LogP contribution is 2.43. The Morgan fingerprint density at radius 1 is 0.508 bits per heavy atom. The predicted octanol–water partition coefficient (Wildman–Crippen LogP) is 15.0. The van der Waals surface area contributed by atoms with Gasteiger partial charge in [-0.25, -0.2) is 4.57 Å². The molecule has 0 heterocycles. The summed E-state index contributed by atoms with van der Waals surface area (Å²) >= 11 is 0. The second-order valence-electron chi connectivity index (χ2n) is 17.5. The number of hydrogen-bond donors (Lipinski definition) is 3. The number of unbranched alkanes of at least 4 members (excludes halogenated alkanes) is 32. The Bertz CT molecular complexity index is 1010. The molecule has 0 aliphatic rings. The fraction of sp³-hybridized carbons (Fsp3) is 0.902. The van der Waals surface area contributed by atoms with Gasteiger partial charge in [-0.1, -0.05) is 224 Å². The molecular weight excluding hydrogens is 788 g/mol. The molecule has 61 heavy (non-hydrogen) atoms. The van der Waals surface area contributed by atoms with Crippen LogP contribution in [0.2, 0.25) is 0 Å². The number of ether oxygens (including phenoxy) is 2. The van der Waals surface area contributed by atoms with Crippen LogP contribution >= 0.6 is 7.82 Å². The van der Waals surface area contributed by atoms with Crippen LogP contribution in [0.4, 0.5) is 0 Å². The number of hydrogen-bond acceptors (Lipinski definition) is 8. The largest absolute Gasteiger partial charge is 0.472 e. The highest BCUT2D eigenvalue weighted by Gasteiger charge is 2.26. The highest BCUT2D eigenvalue weighted by atomic mass is 31.2. The van der Waals surface area contributed by atoms with Gasteiger partial charge in [-0.3, -0.25) is 13.8 Å². The number of esters is 1. The van der Waals surface area contributed by atoms with Crippen LogP contribution in [0.1, 0.15) is 251 Å². The second kappa shape index (κ2) is 48.4. The zero-order valence-corrected chi connectivity index (χ0v) is 40.8. The van der Waals surface area contributed by atoms with Crippen molar-refractivity contribution < 1.29 is 43.0 Å². The van der Waals surface area contributed by atoms with Gasteiger partial charge < -0.3 is 24.6 Å². The van der Waals surface area contributed by atoms with E-state index in [1.165, 1.54) is 180 Å². The average Bonchev–Trinajstić information content (AvgIpc) is 3.25. The number of aliphatic hydroxyl groups is 2. The summed E-state index contributed by atoms with van der Waals surface area (Å²) in [6, 6.07) is 0. The molecule has 9 nitrogen and oxygen atoms in total. The molecule has 0 saturated carbocycles. The Labute approximate surface area is 376 Å². The third-order valence-electron chi connectivity index (χ3n) is 11.4. The fourth-order valence-electron chi connectivity index (χ4n) is 7.45. The van der Waals surface area contributed by atoms with E-state index in [9.17, 15) is 19.4 Å². The molecule has 0 amide bonds. The van der Waals surface area contributed by atoms with Crippen LogP contribution in [0, 0.1) is 0 Å². The van der Waals surface area contributed by atoms with E-state index in [-0.39, 0.29) is 25.6 Å². The van der Waals surface area contributed by atoms with Crippen LogP contribution in [0.25, 0.3) is 0 Å². The molecule has 0 aromatic heterocycles. The molecule has 0 rings (SSSR count). The van der Waals surface area contributed by atoms with Crippen molar-refractivity contribution in [2.75, 3.05) is 33.0 Å². The van der Waals surface area contributed by atoms with Crippen LogP contribution in [0.3, 0.4) is 0 Å². The van der Waals surface area contributed by atoms with E-state index < -0.39 is 33.2 Å². The van der Waals surface area contributed by atoms with Crippen molar-refractivity contribution in [3.05, 3.63) is 24.3 Å². The van der Waals surface area contributed by atoms with Crippen LogP contribution < -0.4 is 0 Å². The van der Waals surface area contributed by atoms with E-state index in [1.807, 2.05) is 0 Å². The van der Waals surface area contributed by atoms with E-state index in [0.29, 0.717) is 6.61 Å². The Hall–Kier alpha value is -1.06. The molecule has 0 radical (unpaired) electrons. The summed E-state index contributed by atoms with van der Waals surface area (Å²) in [6.45, 7) is 3.53. The Morgan fingerprint density at radius 2 is 0.885 bits per heavy atom. The minimum Gasteiger partial charge on any atom is -0.457 e. The van der Waals surface area contributed by atoms with Gasteiger partial charge in [0.15, 0.2) is 0 Å². The number of phosphoric ester groups is 1. The van der Waals surface area contributed by atoms with Crippen molar-refractivity contribution >= 4 is 13.8 Å². The summed E-state index contributed by atoms with van der Waals surface area (Å²) in [5.74, 6) is -0.380. The lowest BCUT2D eigenvalue weighted by molar-refractivity contribution is -0.154. The molecule has 0 aromatic carbocycles. The van der Waals surface area contributed by atoms with Crippen molar-refractivity contribution in [1.29, 1.82) is 0 Å². The molecule has 3 N–H and O–H groups in total. The molecule has 0 fully saturated rings. The fourth-order valence-corrected chi connectivity index (χ4v) is 8.24. The van der Waals surface area contributed by atoms with Crippen molar-refractivity contribution in [2.24, 2.45) is 0 Å². The van der Waals surface area contributed by atoms with E-state index in [0.717, 1.165) is 51.4 Å². The van der Waals surface area contributed by atoms with Gasteiger partial charge in [0.1, 0.15) is 12.2 Å². The predicted molar refractivity (Wildman–Crippen MR) is 256 cm³/mol. The minimum absolute atomic E-state index is 0.0464. The van der Waals surface area contributed by atoms with Gasteiger partial charge >= 0.3 is 13.8 Å². The maximum absolute atomic E-state index is 12.7. The van der Waals surface area contributed by atoms with Crippen molar-refractivity contribution in [2.45, 2.75) is 264 Å². The number of carbonyl (C=O) groups is 1. The highest BCUT2D eigenvalue weighted by molar-refractivity contribution is 7.47. The summed E-state index contributed by atoms with van der Waals surface area (Å²) < 4.78 is 33.5. The summed E-state index contributed by atoms with van der Waals surface area (Å²) in [7, 11) is -4.52. The molecule has 3 atom stereocenters. The topological polar surface area (TPSA) is 132 Å². The normalized spacial score (nSPS) is 14.0. The number of carbonyl (C=O) groups excluding carboxylic acids is 1. The number of aliphatic hydroxyl groups excluding tert-OH is 2. The SMILES string of the molecule is CCCCCC/C=C\C/C=C\CCCCCCCCOCC(COP(=O)(O)OCC(O)CO)OC(=O)CCCCCCCCCCCCCCCCCCCCCCCCC. The van der Waals surface area contributed by atoms with Gasteiger partial charge in [-0.05, 0) is 44.9 Å². The van der Waals surface area contributed by atoms with Crippen molar-refractivity contribution in [3.8, 4) is 0 Å². The van der Waals surface area contributed by atoms with E-state index in [4.69, 9.17) is 23.6 Å². The monoisotopic (exact) mass is 887 g/mol. The zero-order chi connectivity index (χ0) is 44.6. The molecule has 10 heteroatoms. The number of allylic oxidation sites excluding steroid dienone is 4. The first-order valence-corrected chi connectivity index (χ1v) is 27.3. The number of rotatable bonds is 50. The average molecular weight is 887 g/mol. The van der Waals surface area contributed by atoms with Gasteiger partial charge in [0.2, 0.25) is 0 Å². The first-order valence-electron chi connectivity index (χ1n) is 25.8. The summed E-state index contributed by atoms with van der Waals surface area (Å²) in [5, 5.41) is 18.4. The first kappa shape index (κ1) is 59.9. The Morgan fingerprint density at radius 3 is 1.33 bits per heavy atom. The van der Waals surface area contributed by atoms with E-state index in [1.54, 1.807) is 0 Å². The van der Waals surface area contributed by atoms with Crippen LogP contribution in [0.15, 0.2) is 24.3 Å².